The maximum Gasteiger partial charge on any atom is 0.272 e. The first kappa shape index (κ1) is 14.4. The van der Waals surface area contributed by atoms with E-state index in [4.69, 9.17) is 4.74 Å². The van der Waals surface area contributed by atoms with Gasteiger partial charge in [-0.05, 0) is 25.3 Å². The van der Waals surface area contributed by atoms with Gasteiger partial charge in [0.05, 0.1) is 0 Å². The molecular weight excluding hydrogens is 266 g/mol. The fourth-order valence-corrected chi connectivity index (χ4v) is 2.00. The number of carbonyl (C=O) groups is 1. The minimum absolute atomic E-state index is 0.119. The zero-order valence-corrected chi connectivity index (χ0v) is 10.9. The molecule has 6 heteroatoms. The van der Waals surface area contributed by atoms with Crippen LogP contribution in [0.3, 0.4) is 0 Å². The molecule has 108 valence electrons. The molecule has 1 amide bonds. The van der Waals surface area contributed by atoms with Crippen LogP contribution in [0.25, 0.3) is 0 Å². The van der Waals surface area contributed by atoms with Crippen LogP contribution in [0.1, 0.15) is 24.8 Å². The highest BCUT2D eigenvalue weighted by Crippen LogP contribution is 2.18. The molecule has 1 N–H and O–H groups in total. The first-order valence-corrected chi connectivity index (χ1v) is 6.49. The summed E-state index contributed by atoms with van der Waals surface area (Å²) in [5.74, 6) is 0.0136. The van der Waals surface area contributed by atoms with Crippen LogP contribution in [0.15, 0.2) is 30.0 Å². The number of ether oxygens (including phenoxy) is 1. The van der Waals surface area contributed by atoms with Gasteiger partial charge in [0.25, 0.3) is 6.43 Å². The van der Waals surface area contributed by atoms with Crippen molar-refractivity contribution in [1.29, 1.82) is 0 Å². The lowest BCUT2D eigenvalue weighted by Crippen LogP contribution is -2.24. The summed E-state index contributed by atoms with van der Waals surface area (Å²) in [5.41, 5.74) is 1.36. The van der Waals surface area contributed by atoms with Crippen LogP contribution in [0.5, 0.6) is 5.88 Å². The van der Waals surface area contributed by atoms with Crippen molar-refractivity contribution in [2.45, 2.75) is 32.2 Å². The fraction of sp³-hybridized carbons (Fsp3) is 0.429. The maximum absolute atomic E-state index is 12.1. The highest BCUT2D eigenvalue weighted by Gasteiger charge is 2.14. The predicted molar refractivity (Wildman–Crippen MR) is 69.5 cm³/mol. The van der Waals surface area contributed by atoms with E-state index >= 15 is 0 Å². The van der Waals surface area contributed by atoms with Crippen LogP contribution in [-0.2, 0) is 11.3 Å². The molecule has 0 unspecified atom stereocenters. The van der Waals surface area contributed by atoms with Gasteiger partial charge in [0.2, 0.25) is 11.8 Å². The zero-order chi connectivity index (χ0) is 14.4. The summed E-state index contributed by atoms with van der Waals surface area (Å²) >= 11 is 0. The number of alkyl halides is 2. The lowest BCUT2D eigenvalue weighted by molar-refractivity contribution is -0.117. The monoisotopic (exact) mass is 282 g/mol. The third-order valence-corrected chi connectivity index (χ3v) is 2.97. The second-order valence-electron chi connectivity index (χ2n) is 4.47. The molecule has 1 heterocycles. The Morgan fingerprint density at radius 2 is 2.35 bits per heavy atom. The Labute approximate surface area is 115 Å². The van der Waals surface area contributed by atoms with Gasteiger partial charge < -0.3 is 10.1 Å². The van der Waals surface area contributed by atoms with Gasteiger partial charge in [-0.15, -0.1) is 0 Å². The molecule has 2 rings (SSSR count). The lowest BCUT2D eigenvalue weighted by Gasteiger charge is -2.11. The molecule has 1 aliphatic rings. The smallest absolute Gasteiger partial charge is 0.272 e. The summed E-state index contributed by atoms with van der Waals surface area (Å²) in [6.45, 7) is -0.494. The van der Waals surface area contributed by atoms with Gasteiger partial charge >= 0.3 is 0 Å². The SMILES string of the molecule is O=C(NCc1cccnc1OCC(F)F)C1=CCCC1. The quantitative estimate of drug-likeness (QED) is 0.872. The molecule has 1 aromatic heterocycles. The van der Waals surface area contributed by atoms with Crippen molar-refractivity contribution in [2.24, 2.45) is 0 Å². The Bertz CT molecular complexity index is 504. The number of aromatic nitrogens is 1. The summed E-state index contributed by atoms with van der Waals surface area (Å²) in [4.78, 5) is 15.7. The van der Waals surface area contributed by atoms with Crippen LogP contribution in [0.4, 0.5) is 8.78 Å². The summed E-state index contributed by atoms with van der Waals surface area (Å²) in [6, 6.07) is 3.36. The van der Waals surface area contributed by atoms with Crippen molar-refractivity contribution >= 4 is 5.91 Å². The van der Waals surface area contributed by atoms with E-state index < -0.39 is 13.0 Å². The fourth-order valence-electron chi connectivity index (χ4n) is 2.00. The molecule has 1 aliphatic carbocycles. The second-order valence-corrected chi connectivity index (χ2v) is 4.47. The minimum Gasteiger partial charge on any atom is -0.471 e. The number of nitrogens with zero attached hydrogens (tertiary/aromatic N) is 1. The second kappa shape index (κ2) is 6.98. The normalized spacial score (nSPS) is 14.2. The molecule has 0 bridgehead atoms. The van der Waals surface area contributed by atoms with Crippen molar-refractivity contribution in [3.05, 3.63) is 35.5 Å². The van der Waals surface area contributed by atoms with Crippen molar-refractivity contribution < 1.29 is 18.3 Å². The van der Waals surface area contributed by atoms with Gasteiger partial charge in [0.1, 0.15) is 0 Å². The summed E-state index contributed by atoms with van der Waals surface area (Å²) in [6.07, 6.45) is 3.55. The van der Waals surface area contributed by atoms with Gasteiger partial charge in [0.15, 0.2) is 6.61 Å². The maximum atomic E-state index is 12.1. The van der Waals surface area contributed by atoms with Crippen molar-refractivity contribution in [2.75, 3.05) is 6.61 Å². The molecule has 20 heavy (non-hydrogen) atoms. The highest BCUT2D eigenvalue weighted by atomic mass is 19.3. The molecule has 0 saturated carbocycles. The predicted octanol–water partition coefficient (Wildman–Crippen LogP) is 2.45. The minimum atomic E-state index is -2.55. The Kier molecular flexibility index (Phi) is 5.03. The van der Waals surface area contributed by atoms with Gasteiger partial charge in [-0.1, -0.05) is 12.1 Å². The van der Waals surface area contributed by atoms with E-state index in [2.05, 4.69) is 10.3 Å². The number of pyridine rings is 1. The average molecular weight is 282 g/mol. The topological polar surface area (TPSA) is 51.2 Å². The number of halogens is 2. The molecular formula is C14H16F2N2O2. The van der Waals surface area contributed by atoms with Crippen LogP contribution in [0.2, 0.25) is 0 Å². The molecule has 0 radical (unpaired) electrons. The number of nitrogens with one attached hydrogen (secondary N) is 1. The Hall–Kier alpha value is -1.98. The number of allylic oxidation sites excluding steroid dienone is 1. The third kappa shape index (κ3) is 4.01. The van der Waals surface area contributed by atoms with Crippen LogP contribution >= 0.6 is 0 Å². The summed E-state index contributed by atoms with van der Waals surface area (Å²) in [7, 11) is 0. The van der Waals surface area contributed by atoms with Crippen molar-refractivity contribution in [1.82, 2.24) is 10.3 Å². The number of hydrogen-bond donors (Lipinski definition) is 1. The number of hydrogen-bond acceptors (Lipinski definition) is 3. The van der Waals surface area contributed by atoms with Gasteiger partial charge in [-0.2, -0.15) is 0 Å². The van der Waals surface area contributed by atoms with Crippen molar-refractivity contribution in [3.8, 4) is 5.88 Å². The highest BCUT2D eigenvalue weighted by molar-refractivity contribution is 5.93. The Balaban J connectivity index is 1.93. The molecule has 0 aliphatic heterocycles. The number of carbonyl (C=O) groups excluding carboxylic acids is 1. The van der Waals surface area contributed by atoms with Gasteiger partial charge in [0, 0.05) is 23.9 Å². The molecule has 0 aromatic carbocycles. The van der Waals surface area contributed by atoms with E-state index in [-0.39, 0.29) is 18.3 Å². The number of amides is 1. The van der Waals surface area contributed by atoms with Gasteiger partial charge in [-0.3, -0.25) is 4.79 Å². The van der Waals surface area contributed by atoms with E-state index in [1.165, 1.54) is 6.20 Å². The van der Waals surface area contributed by atoms with Crippen LogP contribution in [0, 0.1) is 0 Å². The lowest BCUT2D eigenvalue weighted by atomic mass is 10.2. The first-order chi connectivity index (χ1) is 9.66. The number of rotatable bonds is 6. The van der Waals surface area contributed by atoms with Gasteiger partial charge in [-0.25, -0.2) is 13.8 Å². The van der Waals surface area contributed by atoms with E-state index in [9.17, 15) is 13.6 Å². The average Bonchev–Trinajstić information content (AvgIpc) is 2.97. The zero-order valence-electron chi connectivity index (χ0n) is 10.9. The van der Waals surface area contributed by atoms with E-state index in [0.29, 0.717) is 5.56 Å². The first-order valence-electron chi connectivity index (χ1n) is 6.49. The molecule has 0 saturated heterocycles. The molecule has 4 nitrogen and oxygen atoms in total. The molecule has 1 aromatic rings. The Morgan fingerprint density at radius 1 is 1.50 bits per heavy atom. The Morgan fingerprint density at radius 3 is 3.05 bits per heavy atom. The molecule has 0 spiro atoms. The third-order valence-electron chi connectivity index (χ3n) is 2.97. The van der Waals surface area contributed by atoms with Crippen LogP contribution < -0.4 is 10.1 Å². The van der Waals surface area contributed by atoms with Crippen molar-refractivity contribution in [3.63, 3.8) is 0 Å². The van der Waals surface area contributed by atoms with Crippen LogP contribution in [-0.4, -0.2) is 23.9 Å². The molecule has 0 fully saturated rings. The molecule has 0 atom stereocenters. The van der Waals surface area contributed by atoms with E-state index in [0.717, 1.165) is 24.8 Å². The standard InChI is InChI=1S/C14H16F2N2O2/c15-12(16)9-20-14-11(6-3-7-17-14)8-18-13(19)10-4-1-2-5-10/h3-4,6-7,12H,1-2,5,8-9H2,(H,18,19). The van der Waals surface area contributed by atoms with E-state index in [1.54, 1.807) is 12.1 Å². The summed E-state index contributed by atoms with van der Waals surface area (Å²) < 4.78 is 29.2. The largest absolute Gasteiger partial charge is 0.471 e. The van der Waals surface area contributed by atoms with E-state index in [1.807, 2.05) is 6.08 Å². The summed E-state index contributed by atoms with van der Waals surface area (Å²) in [5, 5.41) is 2.75.